The van der Waals surface area contributed by atoms with Gasteiger partial charge in [-0.05, 0) is 12.8 Å². The number of aromatic nitrogens is 1. The summed E-state index contributed by atoms with van der Waals surface area (Å²) < 4.78 is 0. The first kappa shape index (κ1) is 11.4. The first-order valence-electron chi connectivity index (χ1n) is 3.60. The van der Waals surface area contributed by atoms with Crippen LogP contribution < -0.4 is 51.4 Å². The van der Waals surface area contributed by atoms with Gasteiger partial charge in [0.2, 0.25) is 0 Å². The summed E-state index contributed by atoms with van der Waals surface area (Å²) in [5, 5.41) is 0.685. The van der Waals surface area contributed by atoms with Crippen molar-refractivity contribution in [3.8, 4) is 0 Å². The van der Waals surface area contributed by atoms with E-state index in [1.54, 1.807) is 12.3 Å². The van der Waals surface area contributed by atoms with Crippen LogP contribution in [0.3, 0.4) is 0 Å². The smallest absolute Gasteiger partial charge is 0.778 e. The van der Waals surface area contributed by atoms with Crippen LogP contribution in [0.1, 0.15) is 24.5 Å². The number of hydrogen-bond acceptors (Lipinski definition) is 2. The van der Waals surface area contributed by atoms with E-state index in [-0.39, 0.29) is 51.4 Å². The Morgan fingerprint density at radius 2 is 2.17 bits per heavy atom. The zero-order valence-electron chi connectivity index (χ0n) is 6.88. The van der Waals surface area contributed by atoms with Gasteiger partial charge in [0.05, 0.1) is 5.69 Å². The fourth-order valence-corrected chi connectivity index (χ4v) is 1.51. The molecule has 1 saturated carbocycles. The van der Waals surface area contributed by atoms with Crippen molar-refractivity contribution in [1.82, 2.24) is 4.98 Å². The first-order chi connectivity index (χ1) is 5.29. The van der Waals surface area contributed by atoms with Crippen molar-refractivity contribution in [3.05, 3.63) is 23.0 Å². The zero-order valence-corrected chi connectivity index (χ0v) is 11.6. The Morgan fingerprint density at radius 3 is 2.75 bits per heavy atom. The van der Waals surface area contributed by atoms with Gasteiger partial charge in [-0.25, -0.2) is 0 Å². The van der Waals surface area contributed by atoms with Crippen LogP contribution in [0, 0.1) is 0 Å². The Bertz CT molecular complexity index is 288. The van der Waals surface area contributed by atoms with Crippen molar-refractivity contribution in [1.29, 1.82) is 0 Å². The van der Waals surface area contributed by atoms with E-state index in [1.807, 2.05) is 0 Å². The predicted octanol–water partition coefficient (Wildman–Crippen LogP) is -0.478. The van der Waals surface area contributed by atoms with Crippen molar-refractivity contribution in [3.63, 3.8) is 0 Å². The molecule has 58 valence electrons. The maximum atomic E-state index is 5.96. The van der Waals surface area contributed by atoms with Gasteiger partial charge in [0.15, 0.2) is 0 Å². The van der Waals surface area contributed by atoms with E-state index in [0.29, 0.717) is 10.9 Å². The maximum Gasteiger partial charge on any atom is 1.00 e. The zero-order chi connectivity index (χ0) is 7.84. The number of pyridine rings is 1. The van der Waals surface area contributed by atoms with Gasteiger partial charge in [-0.1, -0.05) is 17.7 Å². The van der Waals surface area contributed by atoms with Gasteiger partial charge in [0, 0.05) is 17.1 Å². The van der Waals surface area contributed by atoms with Gasteiger partial charge in [-0.3, -0.25) is 4.98 Å². The molecule has 1 heterocycles. The van der Waals surface area contributed by atoms with Gasteiger partial charge >= 0.3 is 51.4 Å². The van der Waals surface area contributed by atoms with Crippen molar-refractivity contribution < 1.29 is 51.4 Å². The summed E-state index contributed by atoms with van der Waals surface area (Å²) in [5.74, 6) is 0.588. The average Bonchev–Trinajstić information content (AvgIpc) is 2.77. The molecule has 0 aromatic carbocycles. The second kappa shape index (κ2) is 4.69. The average molecular weight is 224 g/mol. The molecule has 0 bridgehead atoms. The third kappa shape index (κ3) is 2.41. The van der Waals surface area contributed by atoms with Crippen LogP contribution >= 0.6 is 11.6 Å². The molecule has 1 fully saturated rings. The van der Waals surface area contributed by atoms with Crippen LogP contribution in [0.5, 0.6) is 0 Å². The Hall–Kier alpha value is 1.30. The third-order valence-electron chi connectivity index (χ3n) is 1.84. The Labute approximate surface area is 125 Å². The van der Waals surface area contributed by atoms with Gasteiger partial charge in [-0.2, -0.15) is 4.90 Å². The van der Waals surface area contributed by atoms with E-state index in [1.165, 1.54) is 12.8 Å². The molecule has 1 aromatic heterocycles. The molecule has 1 aliphatic rings. The van der Waals surface area contributed by atoms with Gasteiger partial charge in [-0.15, -0.1) is 0 Å². The molecule has 0 saturated heterocycles. The quantitative estimate of drug-likeness (QED) is 0.472. The van der Waals surface area contributed by atoms with Crippen LogP contribution in [0.2, 0.25) is 5.02 Å². The molecular formula is C8H7ClKNS. The molecule has 0 radical (unpaired) electrons. The van der Waals surface area contributed by atoms with Crippen molar-refractivity contribution in [2.24, 2.45) is 0 Å². The van der Waals surface area contributed by atoms with E-state index in [4.69, 9.17) is 24.2 Å². The summed E-state index contributed by atoms with van der Waals surface area (Å²) >= 11 is 11.0. The van der Waals surface area contributed by atoms with Crippen LogP contribution in [-0.2, 0) is 12.6 Å². The Kier molecular flexibility index (Phi) is 4.44. The van der Waals surface area contributed by atoms with E-state index in [9.17, 15) is 0 Å². The first-order valence-corrected chi connectivity index (χ1v) is 4.39. The second-order valence-electron chi connectivity index (χ2n) is 2.78. The molecule has 2 rings (SSSR count). The Morgan fingerprint density at radius 1 is 1.50 bits per heavy atom. The monoisotopic (exact) mass is 223 g/mol. The molecule has 0 atom stereocenters. The van der Waals surface area contributed by atoms with Crippen LogP contribution in [-0.4, -0.2) is 4.98 Å². The maximum absolute atomic E-state index is 5.96. The molecule has 4 heteroatoms. The standard InChI is InChI=1S/C8H8ClNS.K/c9-7-6(11)3-4-10-8(7)5-1-2-5;/h3-5H,1-2H2,(H,10,11);/q;+1/p-1. The molecule has 0 unspecified atom stereocenters. The van der Waals surface area contributed by atoms with Gasteiger partial charge in [0.1, 0.15) is 0 Å². The van der Waals surface area contributed by atoms with Crippen LogP contribution in [0.25, 0.3) is 0 Å². The summed E-state index contributed by atoms with van der Waals surface area (Å²) in [6.07, 6.45) is 4.17. The van der Waals surface area contributed by atoms with Crippen LogP contribution in [0.4, 0.5) is 0 Å². The molecule has 1 aromatic rings. The SMILES string of the molecule is [K+].[S-]c1ccnc(C2CC2)c1Cl. The Balaban J connectivity index is 0.000000720. The minimum absolute atomic E-state index is 0. The van der Waals surface area contributed by atoms with E-state index in [2.05, 4.69) is 4.98 Å². The van der Waals surface area contributed by atoms with Crippen molar-refractivity contribution >= 4 is 24.2 Å². The molecule has 0 amide bonds. The van der Waals surface area contributed by atoms with E-state index >= 15 is 0 Å². The molecule has 0 spiro atoms. The minimum Gasteiger partial charge on any atom is -0.778 e. The fourth-order valence-electron chi connectivity index (χ4n) is 1.08. The van der Waals surface area contributed by atoms with Crippen LogP contribution in [0.15, 0.2) is 17.2 Å². The second-order valence-corrected chi connectivity index (χ2v) is 3.60. The molecule has 0 aliphatic heterocycles. The molecule has 1 aliphatic carbocycles. The molecule has 0 N–H and O–H groups in total. The molecular weight excluding hydrogens is 217 g/mol. The van der Waals surface area contributed by atoms with Crippen molar-refractivity contribution in [2.45, 2.75) is 23.7 Å². The number of rotatable bonds is 1. The van der Waals surface area contributed by atoms with E-state index in [0.717, 1.165) is 10.6 Å². The van der Waals surface area contributed by atoms with Crippen molar-refractivity contribution in [2.75, 3.05) is 0 Å². The summed E-state index contributed by atoms with van der Waals surface area (Å²) in [6, 6.07) is 1.77. The fraction of sp³-hybridized carbons (Fsp3) is 0.375. The van der Waals surface area contributed by atoms with Gasteiger partial charge in [0.25, 0.3) is 0 Å². The normalized spacial score (nSPS) is 15.4. The number of nitrogens with zero attached hydrogens (tertiary/aromatic N) is 1. The summed E-state index contributed by atoms with van der Waals surface area (Å²) in [6.45, 7) is 0. The number of halogens is 1. The molecule has 12 heavy (non-hydrogen) atoms. The largest absolute Gasteiger partial charge is 1.00 e. The predicted molar refractivity (Wildman–Crippen MR) is 46.9 cm³/mol. The number of hydrogen-bond donors (Lipinski definition) is 0. The minimum atomic E-state index is 0. The summed E-state index contributed by atoms with van der Waals surface area (Å²) in [5.41, 5.74) is 0.999. The summed E-state index contributed by atoms with van der Waals surface area (Å²) in [4.78, 5) is 4.93. The summed E-state index contributed by atoms with van der Waals surface area (Å²) in [7, 11) is 0. The molecule has 1 nitrogen and oxygen atoms in total. The topological polar surface area (TPSA) is 12.9 Å². The third-order valence-corrected chi connectivity index (χ3v) is 2.69. The van der Waals surface area contributed by atoms with Gasteiger partial charge < -0.3 is 12.6 Å². The van der Waals surface area contributed by atoms with E-state index < -0.39 is 0 Å².